The number of Topliss-reactive ketones (excluding diaryl/α,β-unsaturated/α-hetero) is 2. The second-order valence-electron chi connectivity index (χ2n) is 35.6. The average Bonchev–Trinajstić information content (AvgIpc) is 1.45. The van der Waals surface area contributed by atoms with Gasteiger partial charge in [-0.25, -0.2) is 19.2 Å². The normalized spacial score (nSPS) is 33.8. The van der Waals surface area contributed by atoms with E-state index in [2.05, 4.69) is 31.3 Å². The van der Waals surface area contributed by atoms with Crippen LogP contribution >= 0.6 is 0 Å². The smallest absolute Gasteiger partial charge is 0.407 e. The van der Waals surface area contributed by atoms with E-state index in [-0.39, 0.29) is 103 Å². The van der Waals surface area contributed by atoms with Crippen LogP contribution in [0.3, 0.4) is 0 Å². The molecule has 0 unspecified atom stereocenters. The fourth-order valence-electron chi connectivity index (χ4n) is 17.5. The zero-order valence-corrected chi connectivity index (χ0v) is 77.9. The van der Waals surface area contributed by atoms with Crippen molar-refractivity contribution in [1.82, 2.24) is 21.3 Å². The topological polar surface area (TPSA) is 755 Å². The van der Waals surface area contributed by atoms with Crippen LogP contribution in [0.5, 0.6) is 0 Å². The van der Waals surface area contributed by atoms with Gasteiger partial charge in [0.25, 0.3) is 0 Å². The van der Waals surface area contributed by atoms with Crippen LogP contribution in [0.15, 0.2) is 150 Å². The number of nitrogens with zero attached hydrogens (tertiary/aromatic N) is 3. The van der Waals surface area contributed by atoms with E-state index in [1.807, 2.05) is 6.07 Å². The molecule has 9 aliphatic rings. The summed E-state index contributed by atoms with van der Waals surface area (Å²) in [6.45, 7) is 0.901. The first-order valence-corrected chi connectivity index (χ1v) is 47.0. The molecule has 13 rings (SSSR count). The van der Waals surface area contributed by atoms with Crippen LogP contribution in [-0.4, -0.2) is 353 Å². The van der Waals surface area contributed by atoms with Gasteiger partial charge in [0, 0.05) is 56.6 Å². The van der Waals surface area contributed by atoms with E-state index >= 15 is 0 Å². The van der Waals surface area contributed by atoms with Crippen LogP contribution in [0.2, 0.25) is 0 Å². The molecule has 4 amide bonds. The molecule has 7 heterocycles. The van der Waals surface area contributed by atoms with Gasteiger partial charge < -0.3 is 197 Å². The molecule has 2 saturated carbocycles. The van der Waals surface area contributed by atoms with Crippen LogP contribution in [-0.2, 0) is 117 Å². The number of hydrogen-bond donors (Lipinski definition) is 22. The minimum atomic E-state index is -1.92. The Morgan fingerprint density at radius 2 is 0.915 bits per heavy atom. The second-order valence-corrected chi connectivity index (χ2v) is 35.6. The third-order valence-electron chi connectivity index (χ3n) is 25.3. The van der Waals surface area contributed by atoms with Gasteiger partial charge in [-0.05, 0) is 116 Å². The predicted octanol–water partition coefficient (Wildman–Crippen LogP) is -2.18. The zero-order valence-electron chi connectivity index (χ0n) is 77.9. The summed E-state index contributed by atoms with van der Waals surface area (Å²) in [5.74, 6) is -3.10. The minimum Gasteiger partial charge on any atom is -0.467 e. The third-order valence-corrected chi connectivity index (χ3v) is 25.3. The summed E-state index contributed by atoms with van der Waals surface area (Å²) in [6, 6.07) is 29.9. The number of carbonyl (C=O) groups is 6. The average molecular weight is 2000 g/mol. The molecule has 141 heavy (non-hydrogen) atoms. The number of alkyl carbamates (subject to hydrolysis) is 4. The summed E-state index contributed by atoms with van der Waals surface area (Å²) < 4.78 is 99.7. The van der Waals surface area contributed by atoms with Gasteiger partial charge in [0.15, 0.2) is 36.7 Å². The van der Waals surface area contributed by atoms with E-state index in [1.54, 1.807) is 134 Å². The molecular weight excluding hydrogens is 1860 g/mol. The molecule has 48 heteroatoms. The van der Waals surface area contributed by atoms with Crippen molar-refractivity contribution in [3.8, 4) is 0 Å². The molecule has 48 nitrogen and oxygen atoms in total. The van der Waals surface area contributed by atoms with Crippen molar-refractivity contribution < 1.29 is 171 Å². The van der Waals surface area contributed by atoms with E-state index in [0.717, 1.165) is 18.8 Å². The lowest BCUT2D eigenvalue weighted by molar-refractivity contribution is -0.288. The lowest BCUT2D eigenvalue weighted by Gasteiger charge is -2.46. The highest BCUT2D eigenvalue weighted by Crippen LogP contribution is 2.43. The Bertz CT molecular complexity index is 4590. The van der Waals surface area contributed by atoms with Crippen LogP contribution in [0.25, 0.3) is 10.4 Å². The van der Waals surface area contributed by atoms with Crippen molar-refractivity contribution in [2.45, 2.75) is 288 Å². The summed E-state index contributed by atoms with van der Waals surface area (Å²) in [6.07, 6.45) is -36.6. The van der Waals surface area contributed by atoms with Crippen LogP contribution in [0.1, 0.15) is 93.4 Å². The van der Waals surface area contributed by atoms with Gasteiger partial charge in [-0.15, -0.1) is 0 Å². The summed E-state index contributed by atoms with van der Waals surface area (Å²) in [5.41, 5.74) is 47.6. The standard InChI is InChI=1S/C61H75N7O21.C28H52N6O13.C4H8O/c1-35-26-40(27-44(71)43(70)24-25-63-58(76)80-31-36-14-6-2-7-15-36)48(72)54(52(35)87-55-42(23-22-41(84-55)28-65-68-62)66-60(78)82-33-38-18-10-4-11-19-38)89-57-51(75)53(46(30-69)86-57)88-56-47(67-61(79)83-34-39-20-12-5-13-21-39)50(74)49(73)45(85-56)29-64-59(77)81-32-37-16-8-3-9-17-37;29-4-3-14(36)15(37)6-10-5-13(33)23(45-26-12(32)2-1-11(7-30)42-26)25(19(10)38)47-28-22(41)24(17(9-35)44-28)46-27-18(34)21(40)20(39)16(8-31)43-27;1-2-4-5-3-1/h2-22,35,40,42-43,45-57,69-70,72-75H,23-34H2,1H3,(H,63,76)(H,64,77)(H,66,78)(H,67,79);1,10,12-14,16-28,35-36,38-41H,2-9,29-34H2;1-4H2/t35-,40-,42+,43-,45-,46+,47+,48-,49+,50+,51+,52+,53+,54+,55+,56+,57-;10-,12+,13-,14-,16-,17+,18+,19-,20+,21+,22+,23+,24+,25+,26+,27+,28-;/m00./s1. The van der Waals surface area contributed by atoms with E-state index in [9.17, 15) is 90.0 Å². The molecule has 0 bridgehead atoms. The van der Waals surface area contributed by atoms with Gasteiger partial charge in [-0.2, -0.15) is 0 Å². The summed E-state index contributed by atoms with van der Waals surface area (Å²) in [5, 5.41) is 147. The number of aliphatic hydroxyl groups excluding tert-OH is 12. The molecule has 782 valence electrons. The summed E-state index contributed by atoms with van der Waals surface area (Å²) in [7, 11) is 0. The minimum absolute atomic E-state index is 0.0125. The molecule has 5 saturated heterocycles. The molecule has 2 aliphatic carbocycles. The van der Waals surface area contributed by atoms with Crippen molar-refractivity contribution in [1.29, 1.82) is 0 Å². The maximum absolute atomic E-state index is 13.8. The van der Waals surface area contributed by atoms with Gasteiger partial charge in [-0.3, -0.25) is 9.59 Å². The predicted molar refractivity (Wildman–Crippen MR) is 489 cm³/mol. The maximum atomic E-state index is 13.8. The van der Waals surface area contributed by atoms with E-state index in [1.165, 1.54) is 12.8 Å². The summed E-state index contributed by atoms with van der Waals surface area (Å²) in [4.78, 5) is 81.4. The van der Waals surface area contributed by atoms with Crippen molar-refractivity contribution in [3.63, 3.8) is 0 Å². The number of azide groups is 1. The number of benzene rings is 4. The van der Waals surface area contributed by atoms with Gasteiger partial charge in [0.2, 0.25) is 12.6 Å². The van der Waals surface area contributed by atoms with E-state index < -0.39 is 270 Å². The molecule has 7 fully saturated rings. The number of hydrogen-bond acceptors (Lipinski definition) is 42. The highest BCUT2D eigenvalue weighted by Gasteiger charge is 2.58. The number of ketones is 2. The van der Waals surface area contributed by atoms with Gasteiger partial charge >= 0.3 is 24.4 Å². The molecule has 0 aromatic heterocycles. The van der Waals surface area contributed by atoms with Crippen molar-refractivity contribution in [3.05, 3.63) is 178 Å². The highest BCUT2D eigenvalue weighted by atomic mass is 16.8. The number of aliphatic hydroxyl groups is 12. The summed E-state index contributed by atoms with van der Waals surface area (Å²) >= 11 is 0. The molecule has 4 aromatic rings. The highest BCUT2D eigenvalue weighted by molar-refractivity contribution is 5.83. The quantitative estimate of drug-likeness (QED) is 0.00972. The van der Waals surface area contributed by atoms with Crippen molar-refractivity contribution >= 4 is 35.9 Å². The van der Waals surface area contributed by atoms with E-state index in [0.29, 0.717) is 28.9 Å². The lowest BCUT2D eigenvalue weighted by atomic mass is 9.74. The Labute approximate surface area is 812 Å². The molecule has 34 atom stereocenters. The number of ether oxygens (including phenoxy) is 17. The molecule has 4 aromatic carbocycles. The largest absolute Gasteiger partial charge is 0.467 e. The number of nitrogens with two attached hydrogens (primary N) is 6. The molecule has 7 aliphatic heterocycles. The first kappa shape index (κ1) is 112. The first-order chi connectivity index (χ1) is 67.9. The molecule has 0 radical (unpaired) electrons. The SMILES string of the molecule is C1CCOC1.C[C@H]1C[C@@H](CC(=O)[C@@H](O)CCNC(=O)OCc2ccccc2)[C@H](O)[C@@H](O[C@@H]2O[C@H](CO)[C@@H](O[C@H]3O[C@@H](CNC(=O)OCc4ccccc4)[C@@H](O)[C@H](O)[C@H]3NC(=O)OCc3ccccc3)[C@H]2O)[C@@H]1O[C@H]1OC(CN=[N+]=[N-])=CC[C@H]1NC(=O)OCc1ccccc1.NCC[C@H](O)C(=O)C[C@@H]1C[C@H](N)[C@@H](O[C@H]2OC(CN)=CC[C@H]2N)[C@H](O[C@@H]2O[C@H](CO)[C@@H](O[C@H]3O[C@@H](CN)[C@@H](O)[C@H](O)[C@H]3N)[C@H]2O)[C@H]1O. The van der Waals surface area contributed by atoms with Crippen LogP contribution in [0, 0.1) is 17.8 Å². The maximum Gasteiger partial charge on any atom is 0.407 e. The monoisotopic (exact) mass is 1990 g/mol. The first-order valence-electron chi connectivity index (χ1n) is 47.0. The number of amides is 4. The van der Waals surface area contributed by atoms with Gasteiger partial charge in [0.05, 0.1) is 62.7 Å². The number of rotatable bonds is 41. The number of nitrogens with one attached hydrogen (secondary N) is 4. The van der Waals surface area contributed by atoms with Gasteiger partial charge in [0.1, 0.15) is 148 Å². The Hall–Kier alpha value is -9.47. The Kier molecular flexibility index (Phi) is 44.5. The van der Waals surface area contributed by atoms with Crippen LogP contribution in [0.4, 0.5) is 19.2 Å². The van der Waals surface area contributed by atoms with E-state index in [4.69, 9.17) is 120 Å². The van der Waals surface area contributed by atoms with Gasteiger partial charge in [-0.1, -0.05) is 133 Å². The number of carbonyl (C=O) groups excluding carboxylic acids is 6. The lowest BCUT2D eigenvalue weighted by Crippen LogP contribution is -2.66. The Balaban J connectivity index is 0.000000304. The fraction of sp³-hybridized carbons (Fsp3) is 0.634. The van der Waals surface area contributed by atoms with Crippen molar-refractivity contribution in [2.75, 3.05) is 65.7 Å². The molecule has 28 N–H and O–H groups in total. The third kappa shape index (κ3) is 32.0. The Morgan fingerprint density at radius 1 is 0.468 bits per heavy atom. The molecular formula is C93H135N13O35. The second kappa shape index (κ2) is 56.1. The van der Waals surface area contributed by atoms with Crippen molar-refractivity contribution in [2.24, 2.45) is 57.3 Å². The fourth-order valence-corrected chi connectivity index (χ4v) is 17.5. The molecule has 0 spiro atoms. The Morgan fingerprint density at radius 3 is 1.42 bits per heavy atom. The zero-order chi connectivity index (χ0) is 101. The van der Waals surface area contributed by atoms with Crippen LogP contribution < -0.4 is 55.7 Å².